The molecule has 0 radical (unpaired) electrons. The van der Waals surface area contributed by atoms with Crippen LogP contribution in [-0.4, -0.2) is 14.5 Å². The van der Waals surface area contributed by atoms with Crippen molar-refractivity contribution in [3.05, 3.63) is 53.1 Å². The predicted molar refractivity (Wildman–Crippen MR) is 91.1 cm³/mol. The predicted octanol–water partition coefficient (Wildman–Crippen LogP) is 5.55. The Morgan fingerprint density at radius 3 is 2.62 bits per heavy atom. The Bertz CT molecular complexity index is 944. The van der Waals surface area contributed by atoms with Crippen molar-refractivity contribution in [2.75, 3.05) is 0 Å². The van der Waals surface area contributed by atoms with Crippen molar-refractivity contribution in [2.45, 2.75) is 26.2 Å². The van der Waals surface area contributed by atoms with Gasteiger partial charge in [-0.25, -0.2) is 9.37 Å². The summed E-state index contributed by atoms with van der Waals surface area (Å²) in [6.45, 7) is 5.96. The highest BCUT2D eigenvalue weighted by atomic mass is 35.5. The molecule has 0 bridgehead atoms. The first-order chi connectivity index (χ1) is 11.3. The van der Waals surface area contributed by atoms with E-state index < -0.39 is 5.82 Å². The van der Waals surface area contributed by atoms with Crippen molar-refractivity contribution in [3.8, 4) is 5.75 Å². The minimum Gasteiger partial charge on any atom is -0.506 e. The van der Waals surface area contributed by atoms with Crippen LogP contribution >= 0.6 is 11.6 Å². The largest absolute Gasteiger partial charge is 0.506 e. The maximum atomic E-state index is 13.6. The normalized spacial score (nSPS) is 12.4. The molecule has 0 aliphatic carbocycles. The van der Waals surface area contributed by atoms with Gasteiger partial charge in [-0.3, -0.25) is 4.40 Å². The summed E-state index contributed by atoms with van der Waals surface area (Å²) in [5.41, 5.74) is 1.17. The van der Waals surface area contributed by atoms with Crippen LogP contribution < -0.4 is 0 Å². The maximum Gasteiger partial charge on any atom is 0.183 e. The van der Waals surface area contributed by atoms with Gasteiger partial charge in [-0.05, 0) is 30.3 Å². The minimum absolute atomic E-state index is 0.0412. The summed E-state index contributed by atoms with van der Waals surface area (Å²) in [6, 6.07) is 7.43. The summed E-state index contributed by atoms with van der Waals surface area (Å²) in [4.78, 5) is 4.53. The standard InChI is InChI=1S/C17H16ClFN4O/c1-17(2,3)15-16(23-9-11(19)5-7-14(23)20-15)22-21-12-8-10(18)4-6-13(12)24/h4-9,24H,1-3H3. The summed E-state index contributed by atoms with van der Waals surface area (Å²) < 4.78 is 15.2. The number of fused-ring (bicyclic) bond motifs is 1. The summed E-state index contributed by atoms with van der Waals surface area (Å²) in [6.07, 6.45) is 1.31. The molecule has 0 spiro atoms. The van der Waals surface area contributed by atoms with E-state index in [4.69, 9.17) is 11.6 Å². The minimum atomic E-state index is -0.401. The first-order valence-electron chi connectivity index (χ1n) is 7.34. The number of azo groups is 1. The molecule has 3 rings (SSSR count). The van der Waals surface area contributed by atoms with Crippen molar-refractivity contribution in [1.82, 2.24) is 9.38 Å². The Balaban J connectivity index is 2.18. The molecule has 0 amide bonds. The van der Waals surface area contributed by atoms with Crippen LogP contribution in [0.25, 0.3) is 5.65 Å². The van der Waals surface area contributed by atoms with Crippen LogP contribution in [0.3, 0.4) is 0 Å². The Kier molecular flexibility index (Phi) is 4.01. The summed E-state index contributed by atoms with van der Waals surface area (Å²) in [5, 5.41) is 18.6. The zero-order chi connectivity index (χ0) is 17.5. The maximum absolute atomic E-state index is 13.6. The van der Waals surface area contributed by atoms with Crippen molar-refractivity contribution < 1.29 is 9.50 Å². The molecule has 0 atom stereocenters. The van der Waals surface area contributed by atoms with E-state index in [0.717, 1.165) is 0 Å². The molecule has 124 valence electrons. The molecule has 0 aliphatic rings. The van der Waals surface area contributed by atoms with Gasteiger partial charge < -0.3 is 5.11 Å². The smallest absolute Gasteiger partial charge is 0.183 e. The molecule has 0 aliphatic heterocycles. The lowest BCUT2D eigenvalue weighted by Crippen LogP contribution is -2.11. The molecule has 1 aromatic carbocycles. The summed E-state index contributed by atoms with van der Waals surface area (Å²) in [7, 11) is 0. The first-order valence-corrected chi connectivity index (χ1v) is 7.72. The molecule has 1 N–H and O–H groups in total. The second-order valence-corrected chi connectivity index (χ2v) is 6.88. The van der Waals surface area contributed by atoms with Gasteiger partial charge >= 0.3 is 0 Å². The monoisotopic (exact) mass is 346 g/mol. The zero-order valence-corrected chi connectivity index (χ0v) is 14.2. The van der Waals surface area contributed by atoms with Gasteiger partial charge in [-0.1, -0.05) is 32.4 Å². The van der Waals surface area contributed by atoms with E-state index in [1.165, 1.54) is 24.4 Å². The Labute approximate surface area is 143 Å². The zero-order valence-electron chi connectivity index (χ0n) is 13.5. The molecular formula is C17H16ClFN4O. The highest BCUT2D eigenvalue weighted by Gasteiger charge is 2.24. The molecule has 0 unspecified atom stereocenters. The Morgan fingerprint density at radius 2 is 1.92 bits per heavy atom. The molecule has 24 heavy (non-hydrogen) atoms. The quantitative estimate of drug-likeness (QED) is 0.619. The molecule has 2 aromatic heterocycles. The fraction of sp³-hybridized carbons (Fsp3) is 0.235. The second-order valence-electron chi connectivity index (χ2n) is 6.44. The Morgan fingerprint density at radius 1 is 1.17 bits per heavy atom. The van der Waals surface area contributed by atoms with E-state index in [0.29, 0.717) is 22.2 Å². The fourth-order valence-corrected chi connectivity index (χ4v) is 2.45. The van der Waals surface area contributed by atoms with Gasteiger partial charge in [0.15, 0.2) is 5.82 Å². The van der Waals surface area contributed by atoms with Crippen molar-refractivity contribution >= 4 is 28.8 Å². The third kappa shape index (κ3) is 3.10. The van der Waals surface area contributed by atoms with Crippen LogP contribution in [0.5, 0.6) is 5.75 Å². The van der Waals surface area contributed by atoms with Gasteiger partial charge in [0.05, 0.1) is 5.69 Å². The number of rotatable bonds is 2. The molecule has 2 heterocycles. The van der Waals surface area contributed by atoms with Gasteiger partial charge in [0.2, 0.25) is 0 Å². The van der Waals surface area contributed by atoms with Crippen LogP contribution in [0, 0.1) is 5.82 Å². The number of benzene rings is 1. The lowest BCUT2D eigenvalue weighted by atomic mass is 9.92. The fourth-order valence-electron chi connectivity index (χ4n) is 2.28. The van der Waals surface area contributed by atoms with E-state index in [9.17, 15) is 9.50 Å². The van der Waals surface area contributed by atoms with Crippen LogP contribution in [-0.2, 0) is 5.41 Å². The first kappa shape index (κ1) is 16.4. The van der Waals surface area contributed by atoms with Crippen LogP contribution in [0.15, 0.2) is 46.8 Å². The van der Waals surface area contributed by atoms with E-state index in [-0.39, 0.29) is 16.9 Å². The van der Waals surface area contributed by atoms with Crippen LogP contribution in [0.4, 0.5) is 15.9 Å². The highest BCUT2D eigenvalue weighted by molar-refractivity contribution is 6.30. The molecule has 0 fully saturated rings. The van der Waals surface area contributed by atoms with E-state index in [1.54, 1.807) is 16.5 Å². The van der Waals surface area contributed by atoms with E-state index in [2.05, 4.69) is 15.2 Å². The third-order valence-electron chi connectivity index (χ3n) is 3.46. The summed E-state index contributed by atoms with van der Waals surface area (Å²) >= 11 is 5.92. The highest BCUT2D eigenvalue weighted by Crippen LogP contribution is 2.35. The van der Waals surface area contributed by atoms with Gasteiger partial charge in [0.25, 0.3) is 0 Å². The van der Waals surface area contributed by atoms with Gasteiger partial charge in [-0.2, -0.15) is 0 Å². The number of halogens is 2. The molecular weight excluding hydrogens is 331 g/mol. The van der Waals surface area contributed by atoms with Crippen molar-refractivity contribution in [2.24, 2.45) is 10.2 Å². The second kappa shape index (κ2) is 5.87. The molecule has 0 saturated carbocycles. The number of imidazole rings is 1. The number of pyridine rings is 1. The number of nitrogens with zero attached hydrogens (tertiary/aromatic N) is 4. The number of phenolic OH excluding ortho intramolecular Hbond substituents is 1. The number of aromatic hydroxyl groups is 1. The van der Waals surface area contributed by atoms with Crippen LogP contribution in [0.2, 0.25) is 5.02 Å². The van der Waals surface area contributed by atoms with E-state index >= 15 is 0 Å². The van der Waals surface area contributed by atoms with Crippen molar-refractivity contribution in [3.63, 3.8) is 0 Å². The Hall–Kier alpha value is -2.47. The average Bonchev–Trinajstić information content (AvgIpc) is 2.86. The van der Waals surface area contributed by atoms with E-state index in [1.807, 2.05) is 20.8 Å². The van der Waals surface area contributed by atoms with Gasteiger partial charge in [0, 0.05) is 16.6 Å². The SMILES string of the molecule is CC(C)(C)c1nc2ccc(F)cn2c1N=Nc1cc(Cl)ccc1O. The number of hydrogen-bond donors (Lipinski definition) is 1. The summed E-state index contributed by atoms with van der Waals surface area (Å²) in [5.74, 6) is -0.0285. The lowest BCUT2D eigenvalue weighted by Gasteiger charge is -2.15. The topological polar surface area (TPSA) is 62.2 Å². The molecule has 0 saturated heterocycles. The van der Waals surface area contributed by atoms with Gasteiger partial charge in [0.1, 0.15) is 22.9 Å². The lowest BCUT2D eigenvalue weighted by molar-refractivity contribution is 0.476. The third-order valence-corrected chi connectivity index (χ3v) is 3.69. The number of hydrogen-bond acceptors (Lipinski definition) is 4. The molecule has 5 nitrogen and oxygen atoms in total. The number of aromatic nitrogens is 2. The van der Waals surface area contributed by atoms with Crippen molar-refractivity contribution in [1.29, 1.82) is 0 Å². The average molecular weight is 347 g/mol. The van der Waals surface area contributed by atoms with Gasteiger partial charge in [-0.15, -0.1) is 10.2 Å². The molecule has 7 heteroatoms. The number of phenols is 1. The van der Waals surface area contributed by atoms with Crippen LogP contribution in [0.1, 0.15) is 26.5 Å². The molecule has 3 aromatic rings.